The van der Waals surface area contributed by atoms with Gasteiger partial charge < -0.3 is 10.6 Å². The van der Waals surface area contributed by atoms with Crippen LogP contribution in [0.4, 0.5) is 11.4 Å². The average Bonchev–Trinajstić information content (AvgIpc) is 2.40. The van der Waals surface area contributed by atoms with E-state index < -0.39 is 0 Å². The molecule has 0 saturated heterocycles. The summed E-state index contributed by atoms with van der Waals surface area (Å²) >= 11 is 6.83. The summed E-state index contributed by atoms with van der Waals surface area (Å²) in [4.78, 5) is 11.9. The minimum atomic E-state index is -0.0866. The van der Waals surface area contributed by atoms with E-state index in [0.29, 0.717) is 0 Å². The second-order valence-corrected chi connectivity index (χ2v) is 6.17. The van der Waals surface area contributed by atoms with Crippen LogP contribution in [0.15, 0.2) is 51.4 Å². The zero-order valence-electron chi connectivity index (χ0n) is 10.9. The topological polar surface area (TPSA) is 41.1 Å². The molecule has 1 amide bonds. The van der Waals surface area contributed by atoms with Crippen molar-refractivity contribution in [3.63, 3.8) is 0 Å². The van der Waals surface area contributed by atoms with Crippen molar-refractivity contribution in [3.8, 4) is 0 Å². The fourth-order valence-corrected chi connectivity index (χ4v) is 2.51. The molecule has 2 rings (SSSR count). The SMILES string of the molecule is Cc1ccc(Br)c(NCC(=O)Nc2cccc(Br)c2)c1. The highest BCUT2D eigenvalue weighted by Crippen LogP contribution is 2.23. The minimum Gasteiger partial charge on any atom is -0.375 e. The van der Waals surface area contributed by atoms with Crippen molar-refractivity contribution in [2.75, 3.05) is 17.2 Å². The maximum Gasteiger partial charge on any atom is 0.243 e. The zero-order chi connectivity index (χ0) is 14.5. The van der Waals surface area contributed by atoms with Crippen LogP contribution in [0.3, 0.4) is 0 Å². The normalized spacial score (nSPS) is 10.2. The van der Waals surface area contributed by atoms with Crippen LogP contribution < -0.4 is 10.6 Å². The van der Waals surface area contributed by atoms with Crippen molar-refractivity contribution < 1.29 is 4.79 Å². The Labute approximate surface area is 135 Å². The monoisotopic (exact) mass is 396 g/mol. The Hall–Kier alpha value is -1.33. The number of amides is 1. The lowest BCUT2D eigenvalue weighted by Crippen LogP contribution is -2.21. The van der Waals surface area contributed by atoms with Crippen LogP contribution in [0.5, 0.6) is 0 Å². The standard InChI is InChI=1S/C15H14Br2N2O/c1-10-5-6-13(17)14(7-10)18-9-15(20)19-12-4-2-3-11(16)8-12/h2-8,18H,9H2,1H3,(H,19,20). The zero-order valence-corrected chi connectivity index (χ0v) is 14.1. The highest BCUT2D eigenvalue weighted by Gasteiger charge is 2.05. The van der Waals surface area contributed by atoms with Crippen LogP contribution in [-0.4, -0.2) is 12.5 Å². The van der Waals surface area contributed by atoms with E-state index in [9.17, 15) is 4.79 Å². The number of halogens is 2. The van der Waals surface area contributed by atoms with Gasteiger partial charge in [-0.15, -0.1) is 0 Å². The van der Waals surface area contributed by atoms with E-state index in [1.807, 2.05) is 49.4 Å². The van der Waals surface area contributed by atoms with Gasteiger partial charge in [0.25, 0.3) is 0 Å². The van der Waals surface area contributed by atoms with Crippen LogP contribution in [0.1, 0.15) is 5.56 Å². The van der Waals surface area contributed by atoms with Gasteiger partial charge in [0.1, 0.15) is 0 Å². The average molecular weight is 398 g/mol. The number of hydrogen-bond acceptors (Lipinski definition) is 2. The van der Waals surface area contributed by atoms with E-state index in [4.69, 9.17) is 0 Å². The highest BCUT2D eigenvalue weighted by atomic mass is 79.9. The van der Waals surface area contributed by atoms with Gasteiger partial charge in [-0.25, -0.2) is 0 Å². The lowest BCUT2D eigenvalue weighted by atomic mass is 10.2. The molecule has 2 N–H and O–H groups in total. The number of benzene rings is 2. The molecule has 2 aromatic rings. The van der Waals surface area contributed by atoms with Crippen LogP contribution in [0.25, 0.3) is 0 Å². The molecule has 0 aliphatic rings. The number of anilines is 2. The van der Waals surface area contributed by atoms with Gasteiger partial charge in [0.2, 0.25) is 5.91 Å². The van der Waals surface area contributed by atoms with E-state index in [0.717, 1.165) is 25.9 Å². The Bertz CT molecular complexity index is 629. The van der Waals surface area contributed by atoms with Gasteiger partial charge in [-0.1, -0.05) is 28.1 Å². The van der Waals surface area contributed by atoms with Gasteiger partial charge in [-0.2, -0.15) is 0 Å². The molecule has 0 aromatic heterocycles. The van der Waals surface area contributed by atoms with Crippen molar-refractivity contribution in [2.24, 2.45) is 0 Å². The van der Waals surface area contributed by atoms with E-state index >= 15 is 0 Å². The van der Waals surface area contributed by atoms with E-state index in [1.54, 1.807) is 0 Å². The Balaban J connectivity index is 1.94. The molecule has 20 heavy (non-hydrogen) atoms. The first-order valence-corrected chi connectivity index (χ1v) is 7.68. The van der Waals surface area contributed by atoms with Crippen molar-refractivity contribution in [2.45, 2.75) is 6.92 Å². The van der Waals surface area contributed by atoms with Crippen molar-refractivity contribution in [1.82, 2.24) is 0 Å². The van der Waals surface area contributed by atoms with Crippen LogP contribution >= 0.6 is 31.9 Å². The molecule has 0 fully saturated rings. The summed E-state index contributed by atoms with van der Waals surface area (Å²) in [5, 5.41) is 5.96. The van der Waals surface area contributed by atoms with Gasteiger partial charge in [0.05, 0.1) is 6.54 Å². The van der Waals surface area contributed by atoms with Gasteiger partial charge in [0, 0.05) is 20.3 Å². The van der Waals surface area contributed by atoms with Gasteiger partial charge in [0.15, 0.2) is 0 Å². The van der Waals surface area contributed by atoms with Gasteiger partial charge in [-0.05, 0) is 58.7 Å². The molecule has 0 bridgehead atoms. The number of rotatable bonds is 4. The molecule has 0 spiro atoms. The number of aryl methyl sites for hydroxylation is 1. The van der Waals surface area contributed by atoms with Crippen molar-refractivity contribution in [1.29, 1.82) is 0 Å². The second-order valence-electron chi connectivity index (χ2n) is 4.40. The maximum absolute atomic E-state index is 11.9. The molecule has 104 valence electrons. The summed E-state index contributed by atoms with van der Waals surface area (Å²) in [5.74, 6) is -0.0866. The maximum atomic E-state index is 11.9. The second kappa shape index (κ2) is 6.90. The van der Waals surface area contributed by atoms with E-state index in [1.165, 1.54) is 0 Å². The summed E-state index contributed by atoms with van der Waals surface area (Å²) in [7, 11) is 0. The van der Waals surface area contributed by atoms with Crippen LogP contribution in [0, 0.1) is 6.92 Å². The fourth-order valence-electron chi connectivity index (χ4n) is 1.72. The molecule has 0 atom stereocenters. The third-order valence-electron chi connectivity index (χ3n) is 2.67. The Kier molecular flexibility index (Phi) is 5.20. The first-order valence-electron chi connectivity index (χ1n) is 6.10. The first-order chi connectivity index (χ1) is 9.54. The molecule has 3 nitrogen and oxygen atoms in total. The fraction of sp³-hybridized carbons (Fsp3) is 0.133. The summed E-state index contributed by atoms with van der Waals surface area (Å²) in [6.45, 7) is 2.23. The van der Waals surface area contributed by atoms with Gasteiger partial charge in [-0.3, -0.25) is 4.79 Å². The molecular formula is C15H14Br2N2O. The Morgan fingerprint density at radius 3 is 2.70 bits per heavy atom. The number of nitrogens with one attached hydrogen (secondary N) is 2. The van der Waals surface area contributed by atoms with Crippen molar-refractivity contribution >= 4 is 49.1 Å². The quantitative estimate of drug-likeness (QED) is 0.793. The number of hydrogen-bond donors (Lipinski definition) is 2. The number of carbonyl (C=O) groups is 1. The Morgan fingerprint density at radius 2 is 1.95 bits per heavy atom. The van der Waals surface area contributed by atoms with E-state index in [2.05, 4.69) is 42.5 Å². The third-order valence-corrected chi connectivity index (χ3v) is 3.85. The summed E-state index contributed by atoms with van der Waals surface area (Å²) < 4.78 is 1.88. The molecule has 0 unspecified atom stereocenters. The van der Waals surface area contributed by atoms with Crippen molar-refractivity contribution in [3.05, 3.63) is 57.0 Å². The Morgan fingerprint density at radius 1 is 1.15 bits per heavy atom. The highest BCUT2D eigenvalue weighted by molar-refractivity contribution is 9.10. The summed E-state index contributed by atoms with van der Waals surface area (Å²) in [5.41, 5.74) is 2.83. The molecule has 5 heteroatoms. The van der Waals surface area contributed by atoms with Gasteiger partial charge >= 0.3 is 0 Å². The molecule has 0 saturated carbocycles. The lowest BCUT2D eigenvalue weighted by molar-refractivity contribution is -0.114. The van der Waals surface area contributed by atoms with Crippen LogP contribution in [0.2, 0.25) is 0 Å². The summed E-state index contributed by atoms with van der Waals surface area (Å²) in [6.07, 6.45) is 0. The predicted octanol–water partition coefficient (Wildman–Crippen LogP) is 4.57. The third kappa shape index (κ3) is 4.35. The molecule has 0 aliphatic heterocycles. The molecule has 0 radical (unpaired) electrons. The minimum absolute atomic E-state index is 0.0866. The molecule has 2 aromatic carbocycles. The predicted molar refractivity (Wildman–Crippen MR) is 90.1 cm³/mol. The smallest absolute Gasteiger partial charge is 0.243 e. The molecule has 0 aliphatic carbocycles. The van der Waals surface area contributed by atoms with E-state index in [-0.39, 0.29) is 12.5 Å². The van der Waals surface area contributed by atoms with Crippen LogP contribution in [-0.2, 0) is 4.79 Å². The number of carbonyl (C=O) groups excluding carboxylic acids is 1. The largest absolute Gasteiger partial charge is 0.375 e. The summed E-state index contributed by atoms with van der Waals surface area (Å²) in [6, 6.07) is 13.5. The lowest BCUT2D eigenvalue weighted by Gasteiger charge is -2.10. The molecule has 0 heterocycles. The molecular weight excluding hydrogens is 384 g/mol. The first kappa shape index (κ1) is 15.1.